The summed E-state index contributed by atoms with van der Waals surface area (Å²) >= 11 is 0. The van der Waals surface area contributed by atoms with Crippen molar-refractivity contribution in [1.82, 2.24) is 4.98 Å². The highest BCUT2D eigenvalue weighted by Crippen LogP contribution is 2.44. The van der Waals surface area contributed by atoms with Crippen molar-refractivity contribution in [3.63, 3.8) is 0 Å². The largest absolute Gasteiger partial charge is 0.394 e. The van der Waals surface area contributed by atoms with Gasteiger partial charge in [-0.2, -0.15) is 0 Å². The second kappa shape index (κ2) is 8.36. The maximum atomic E-state index is 15.7. The molecule has 0 unspecified atom stereocenters. The van der Waals surface area contributed by atoms with Crippen LogP contribution in [0.15, 0.2) is 30.5 Å². The molecule has 0 aliphatic heterocycles. The number of ketones is 1. The van der Waals surface area contributed by atoms with Gasteiger partial charge in [-0.1, -0.05) is 12.1 Å². The summed E-state index contributed by atoms with van der Waals surface area (Å²) in [6, 6.07) is 4.77. The lowest BCUT2D eigenvalue weighted by Crippen LogP contribution is -2.37. The van der Waals surface area contributed by atoms with E-state index in [4.69, 9.17) is 9.84 Å². The van der Waals surface area contributed by atoms with Gasteiger partial charge < -0.3 is 9.84 Å². The van der Waals surface area contributed by atoms with Crippen LogP contribution in [-0.4, -0.2) is 29.1 Å². The summed E-state index contributed by atoms with van der Waals surface area (Å²) in [5.41, 5.74) is -2.14. The lowest BCUT2D eigenvalue weighted by molar-refractivity contribution is -0.133. The fourth-order valence-electron chi connectivity index (χ4n) is 3.46. The lowest BCUT2D eigenvalue weighted by atomic mass is 9.77. The minimum Gasteiger partial charge on any atom is -0.394 e. The second-order valence-corrected chi connectivity index (χ2v) is 6.62. The quantitative estimate of drug-likeness (QED) is 0.572. The normalized spacial score (nSPS) is 21.4. The van der Waals surface area contributed by atoms with Gasteiger partial charge in [0.05, 0.1) is 18.9 Å². The van der Waals surface area contributed by atoms with Gasteiger partial charge in [0.25, 0.3) is 0 Å². The predicted molar refractivity (Wildman–Crippen MR) is 91.7 cm³/mol. The Hall–Kier alpha value is -2.32. The van der Waals surface area contributed by atoms with E-state index >= 15 is 4.39 Å². The van der Waals surface area contributed by atoms with E-state index in [1.54, 1.807) is 0 Å². The third-order valence-electron chi connectivity index (χ3n) is 4.91. The molecule has 28 heavy (non-hydrogen) atoms. The van der Waals surface area contributed by atoms with Gasteiger partial charge in [-0.3, -0.25) is 9.78 Å². The third-order valence-corrected chi connectivity index (χ3v) is 4.91. The number of aliphatic hydroxyl groups excluding tert-OH is 1. The number of benzene rings is 1. The van der Waals surface area contributed by atoms with Crippen LogP contribution in [0, 0.1) is 17.5 Å². The van der Waals surface area contributed by atoms with E-state index < -0.39 is 35.0 Å². The monoisotopic (exact) mass is 397 g/mol. The Morgan fingerprint density at radius 2 is 2.04 bits per heavy atom. The number of alkyl halides is 1. The van der Waals surface area contributed by atoms with Gasteiger partial charge in [0, 0.05) is 18.2 Å². The molecular weight excluding hydrogens is 378 g/mol. The minimum absolute atomic E-state index is 0.0589. The molecule has 1 aromatic carbocycles. The third kappa shape index (κ3) is 3.79. The number of nitrogens with zero attached hydrogens (tertiary/aromatic N) is 1. The number of aromatic nitrogens is 1. The second-order valence-electron chi connectivity index (χ2n) is 6.62. The SMILES string of the molecule is O=C(CCc1ccc(F)c(F)c1F)[C@]1(F)CC[C@H](OCCO)c2ncccc21. The van der Waals surface area contributed by atoms with Crippen molar-refractivity contribution in [1.29, 1.82) is 0 Å². The van der Waals surface area contributed by atoms with Crippen LogP contribution in [0.3, 0.4) is 0 Å². The summed E-state index contributed by atoms with van der Waals surface area (Å²) < 4.78 is 61.3. The van der Waals surface area contributed by atoms with Gasteiger partial charge in [-0.05, 0) is 37.0 Å². The highest BCUT2D eigenvalue weighted by Gasteiger charge is 2.46. The number of aryl methyl sites for hydroxylation is 1. The van der Waals surface area contributed by atoms with Crippen LogP contribution in [0.25, 0.3) is 0 Å². The Kier molecular flexibility index (Phi) is 6.10. The van der Waals surface area contributed by atoms with E-state index in [9.17, 15) is 18.0 Å². The van der Waals surface area contributed by atoms with Crippen LogP contribution in [-0.2, 0) is 21.6 Å². The highest BCUT2D eigenvalue weighted by atomic mass is 19.2. The molecule has 0 amide bonds. The number of fused-ring (bicyclic) bond motifs is 1. The minimum atomic E-state index is -2.32. The Morgan fingerprint density at radius 3 is 2.79 bits per heavy atom. The fraction of sp³-hybridized carbons (Fsp3) is 0.400. The number of rotatable bonds is 7. The number of carbonyl (C=O) groups is 1. The topological polar surface area (TPSA) is 59.4 Å². The lowest BCUT2D eigenvalue weighted by Gasteiger charge is -2.34. The highest BCUT2D eigenvalue weighted by molar-refractivity contribution is 5.89. The van der Waals surface area contributed by atoms with E-state index in [-0.39, 0.29) is 55.7 Å². The molecule has 1 aromatic heterocycles. The first-order chi connectivity index (χ1) is 13.4. The number of hydrogen-bond acceptors (Lipinski definition) is 4. The zero-order valence-corrected chi connectivity index (χ0v) is 14.9. The van der Waals surface area contributed by atoms with E-state index in [0.717, 1.165) is 12.1 Å². The number of Topliss-reactive ketones (excluding diaryl/α,β-unsaturated/α-hetero) is 1. The summed E-state index contributed by atoms with van der Waals surface area (Å²) in [6.07, 6.45) is 0.319. The molecule has 1 aliphatic carbocycles. The molecule has 4 nitrogen and oxygen atoms in total. The van der Waals surface area contributed by atoms with Crippen LogP contribution in [0.2, 0.25) is 0 Å². The molecule has 1 heterocycles. The van der Waals surface area contributed by atoms with Crippen LogP contribution >= 0.6 is 0 Å². The molecule has 0 saturated carbocycles. The van der Waals surface area contributed by atoms with Crippen molar-refractivity contribution in [2.75, 3.05) is 13.2 Å². The number of aliphatic hydroxyl groups is 1. The average molecular weight is 397 g/mol. The van der Waals surface area contributed by atoms with Crippen LogP contribution in [0.1, 0.15) is 42.2 Å². The van der Waals surface area contributed by atoms with Gasteiger partial charge in [-0.25, -0.2) is 17.6 Å². The van der Waals surface area contributed by atoms with Crippen molar-refractivity contribution < 1.29 is 32.2 Å². The standard InChI is InChI=1S/C20H19F4NO3/c21-14-5-3-12(17(22)18(14)23)4-6-16(27)20(24)8-7-15(28-11-10-26)19-13(20)2-1-9-25-19/h1-3,5,9,15,26H,4,6-8,10-11H2/t15-,20-/m0/s1. The van der Waals surface area contributed by atoms with Crippen molar-refractivity contribution >= 4 is 5.78 Å². The number of pyridine rings is 1. The molecule has 0 saturated heterocycles. The Morgan fingerprint density at radius 1 is 1.25 bits per heavy atom. The average Bonchev–Trinajstić information content (AvgIpc) is 2.71. The van der Waals surface area contributed by atoms with Gasteiger partial charge >= 0.3 is 0 Å². The molecule has 2 aromatic rings. The van der Waals surface area contributed by atoms with E-state index in [0.29, 0.717) is 0 Å². The molecule has 0 fully saturated rings. The zero-order valence-electron chi connectivity index (χ0n) is 14.9. The molecule has 0 bridgehead atoms. The van der Waals surface area contributed by atoms with E-state index in [1.807, 2.05) is 0 Å². The van der Waals surface area contributed by atoms with E-state index in [1.165, 1.54) is 18.3 Å². The van der Waals surface area contributed by atoms with Crippen molar-refractivity contribution in [3.8, 4) is 0 Å². The molecule has 3 rings (SSSR count). The fourth-order valence-corrected chi connectivity index (χ4v) is 3.46. The van der Waals surface area contributed by atoms with Crippen LogP contribution in [0.5, 0.6) is 0 Å². The smallest absolute Gasteiger partial charge is 0.195 e. The molecule has 0 radical (unpaired) electrons. The van der Waals surface area contributed by atoms with Crippen molar-refractivity contribution in [2.45, 2.75) is 37.5 Å². The predicted octanol–water partition coefficient (Wildman–Crippen LogP) is 3.71. The maximum Gasteiger partial charge on any atom is 0.195 e. The van der Waals surface area contributed by atoms with Crippen molar-refractivity contribution in [3.05, 3.63) is 64.7 Å². The molecule has 8 heteroatoms. The molecule has 1 N–H and O–H groups in total. The zero-order chi connectivity index (χ0) is 20.3. The van der Waals surface area contributed by atoms with Crippen LogP contribution in [0.4, 0.5) is 17.6 Å². The van der Waals surface area contributed by atoms with E-state index in [2.05, 4.69) is 4.98 Å². The van der Waals surface area contributed by atoms with Gasteiger partial charge in [0.15, 0.2) is 28.9 Å². The summed E-state index contributed by atoms with van der Waals surface area (Å²) in [6.45, 7) is -0.137. The summed E-state index contributed by atoms with van der Waals surface area (Å²) in [7, 11) is 0. The first-order valence-corrected chi connectivity index (χ1v) is 8.91. The molecule has 2 atom stereocenters. The van der Waals surface area contributed by atoms with Gasteiger partial charge in [0.2, 0.25) is 0 Å². The number of ether oxygens (including phenoxy) is 1. The van der Waals surface area contributed by atoms with Crippen LogP contribution < -0.4 is 0 Å². The molecule has 0 spiro atoms. The maximum absolute atomic E-state index is 15.7. The Bertz CT molecular complexity index is 877. The van der Waals surface area contributed by atoms with Gasteiger partial charge in [-0.15, -0.1) is 0 Å². The first-order valence-electron chi connectivity index (χ1n) is 8.91. The van der Waals surface area contributed by atoms with Gasteiger partial charge in [0.1, 0.15) is 6.10 Å². The first kappa shape index (κ1) is 20.4. The number of hydrogen-bond donors (Lipinski definition) is 1. The Labute approximate surface area is 159 Å². The molecule has 1 aliphatic rings. The number of halogens is 4. The number of carbonyl (C=O) groups excluding carboxylic acids is 1. The summed E-state index contributed by atoms with van der Waals surface area (Å²) in [5, 5.41) is 8.92. The van der Waals surface area contributed by atoms with Crippen molar-refractivity contribution in [2.24, 2.45) is 0 Å². The Balaban J connectivity index is 1.80. The summed E-state index contributed by atoms with van der Waals surface area (Å²) in [4.78, 5) is 16.8. The molecular formula is C20H19F4NO3. The summed E-state index contributed by atoms with van der Waals surface area (Å²) in [5.74, 6) is -5.10. The molecule has 150 valence electrons.